The molecule has 0 fully saturated rings. The zero-order valence-corrected chi connectivity index (χ0v) is 14.0. The Balaban J connectivity index is 1.65. The van der Waals surface area contributed by atoms with Crippen LogP contribution in [0, 0.1) is 0 Å². The predicted octanol–water partition coefficient (Wildman–Crippen LogP) is 5.03. The van der Waals surface area contributed by atoms with Gasteiger partial charge in [0.2, 0.25) is 11.6 Å². The molecule has 0 saturated heterocycles. The van der Waals surface area contributed by atoms with E-state index in [2.05, 4.69) is 35.1 Å². The summed E-state index contributed by atoms with van der Waals surface area (Å²) < 4.78 is 11.9. The molecule has 25 heavy (non-hydrogen) atoms. The Hall–Kier alpha value is -3.14. The van der Waals surface area contributed by atoms with Crippen molar-refractivity contribution in [3.63, 3.8) is 0 Å². The minimum atomic E-state index is 0.513. The molecule has 4 nitrogen and oxygen atoms in total. The quantitative estimate of drug-likeness (QED) is 0.515. The largest absolute Gasteiger partial charge is 0.488 e. The highest BCUT2D eigenvalue weighted by molar-refractivity contribution is 5.74. The molecule has 0 N–H and O–H groups in total. The Morgan fingerprint density at radius 2 is 1.72 bits per heavy atom. The van der Waals surface area contributed by atoms with Crippen LogP contribution >= 0.6 is 0 Å². The number of ether oxygens (including phenoxy) is 1. The second kappa shape index (κ2) is 6.77. The number of aryl methyl sites for hydroxylation is 1. The Morgan fingerprint density at radius 3 is 2.56 bits per heavy atom. The van der Waals surface area contributed by atoms with Crippen LogP contribution in [0.2, 0.25) is 0 Å². The lowest BCUT2D eigenvalue weighted by molar-refractivity contribution is 0.305. The van der Waals surface area contributed by atoms with Crippen LogP contribution in [0.3, 0.4) is 0 Å². The van der Waals surface area contributed by atoms with Gasteiger partial charge in [-0.05, 0) is 41.8 Å². The molecule has 0 aliphatic carbocycles. The molecule has 2 heterocycles. The van der Waals surface area contributed by atoms with Crippen LogP contribution in [-0.4, -0.2) is 9.97 Å². The van der Waals surface area contributed by atoms with E-state index in [4.69, 9.17) is 9.15 Å². The van der Waals surface area contributed by atoms with Crippen molar-refractivity contribution in [3.05, 3.63) is 78.0 Å². The summed E-state index contributed by atoms with van der Waals surface area (Å²) in [7, 11) is 0. The summed E-state index contributed by atoms with van der Waals surface area (Å²) >= 11 is 0. The van der Waals surface area contributed by atoms with E-state index < -0.39 is 0 Å². The summed E-state index contributed by atoms with van der Waals surface area (Å²) in [5, 5.41) is 0. The van der Waals surface area contributed by atoms with E-state index in [0.29, 0.717) is 18.2 Å². The number of rotatable bonds is 5. The molecule has 4 aromatic rings. The molecule has 0 saturated carbocycles. The zero-order chi connectivity index (χ0) is 17.1. The monoisotopic (exact) mass is 330 g/mol. The van der Waals surface area contributed by atoms with Crippen molar-refractivity contribution in [2.24, 2.45) is 0 Å². The van der Waals surface area contributed by atoms with Crippen molar-refractivity contribution in [1.29, 1.82) is 0 Å². The molecule has 0 bridgehead atoms. The van der Waals surface area contributed by atoms with Gasteiger partial charge in [0.25, 0.3) is 0 Å². The summed E-state index contributed by atoms with van der Waals surface area (Å²) in [5.74, 6) is 1.27. The van der Waals surface area contributed by atoms with Crippen molar-refractivity contribution in [2.45, 2.75) is 20.0 Å². The minimum Gasteiger partial charge on any atom is -0.488 e. The second-order valence-corrected chi connectivity index (χ2v) is 5.75. The molecule has 2 aromatic carbocycles. The molecular formula is C21H18N2O2. The zero-order valence-electron chi connectivity index (χ0n) is 14.0. The Labute approximate surface area is 146 Å². The van der Waals surface area contributed by atoms with Crippen LogP contribution < -0.4 is 4.74 Å². The molecule has 0 atom stereocenters. The van der Waals surface area contributed by atoms with E-state index in [1.807, 2.05) is 42.5 Å². The van der Waals surface area contributed by atoms with Crippen molar-refractivity contribution in [2.75, 3.05) is 0 Å². The molecule has 0 spiro atoms. The SMILES string of the molecule is CCc1ccccc1COc1ccccc1-c1nc2cccnc2o1. The van der Waals surface area contributed by atoms with Gasteiger partial charge in [-0.3, -0.25) is 0 Å². The minimum absolute atomic E-state index is 0.513. The van der Waals surface area contributed by atoms with Gasteiger partial charge in [-0.1, -0.05) is 43.3 Å². The lowest BCUT2D eigenvalue weighted by Gasteiger charge is -2.12. The molecule has 124 valence electrons. The van der Waals surface area contributed by atoms with Crippen LogP contribution in [0.1, 0.15) is 18.1 Å². The number of nitrogens with zero attached hydrogens (tertiary/aromatic N) is 2. The van der Waals surface area contributed by atoms with Gasteiger partial charge in [-0.2, -0.15) is 0 Å². The Kier molecular flexibility index (Phi) is 4.17. The van der Waals surface area contributed by atoms with Crippen LogP contribution in [0.25, 0.3) is 22.7 Å². The summed E-state index contributed by atoms with van der Waals surface area (Å²) in [5.41, 5.74) is 4.59. The van der Waals surface area contributed by atoms with Gasteiger partial charge < -0.3 is 9.15 Å². The second-order valence-electron chi connectivity index (χ2n) is 5.75. The van der Waals surface area contributed by atoms with Crippen LogP contribution in [0.4, 0.5) is 0 Å². The molecule has 4 rings (SSSR count). The Bertz CT molecular complexity index is 974. The van der Waals surface area contributed by atoms with Crippen LogP contribution in [0.15, 0.2) is 71.3 Å². The fraction of sp³-hybridized carbons (Fsp3) is 0.143. The van der Waals surface area contributed by atoms with E-state index in [0.717, 1.165) is 23.3 Å². The molecule has 0 radical (unpaired) electrons. The van der Waals surface area contributed by atoms with E-state index >= 15 is 0 Å². The molecule has 0 aliphatic rings. The maximum Gasteiger partial charge on any atom is 0.247 e. The van der Waals surface area contributed by atoms with E-state index in [1.165, 1.54) is 11.1 Å². The normalized spacial score (nSPS) is 10.9. The maximum absolute atomic E-state index is 6.10. The van der Waals surface area contributed by atoms with Crippen molar-refractivity contribution in [1.82, 2.24) is 9.97 Å². The van der Waals surface area contributed by atoms with Gasteiger partial charge in [0, 0.05) is 6.20 Å². The smallest absolute Gasteiger partial charge is 0.247 e. The highest BCUT2D eigenvalue weighted by atomic mass is 16.5. The molecule has 0 unspecified atom stereocenters. The number of pyridine rings is 1. The number of benzene rings is 2. The first-order chi connectivity index (χ1) is 12.3. The average Bonchev–Trinajstić information content (AvgIpc) is 3.11. The van der Waals surface area contributed by atoms with Gasteiger partial charge >= 0.3 is 0 Å². The summed E-state index contributed by atoms with van der Waals surface area (Å²) in [6, 6.07) is 19.8. The first-order valence-electron chi connectivity index (χ1n) is 8.35. The third-order valence-corrected chi connectivity index (χ3v) is 4.17. The third-order valence-electron chi connectivity index (χ3n) is 4.17. The molecule has 4 heteroatoms. The molecule has 0 amide bonds. The molecular weight excluding hydrogens is 312 g/mol. The fourth-order valence-electron chi connectivity index (χ4n) is 2.85. The highest BCUT2D eigenvalue weighted by Gasteiger charge is 2.14. The summed E-state index contributed by atoms with van der Waals surface area (Å²) in [6.07, 6.45) is 2.68. The van der Waals surface area contributed by atoms with Gasteiger partial charge in [0.1, 0.15) is 17.9 Å². The number of para-hydroxylation sites is 1. The first-order valence-corrected chi connectivity index (χ1v) is 8.35. The van der Waals surface area contributed by atoms with Gasteiger partial charge in [-0.25, -0.2) is 9.97 Å². The predicted molar refractivity (Wildman–Crippen MR) is 97.4 cm³/mol. The van der Waals surface area contributed by atoms with Gasteiger partial charge in [0.05, 0.1) is 5.56 Å². The number of aromatic nitrogens is 2. The number of oxazole rings is 1. The van der Waals surface area contributed by atoms with Gasteiger partial charge in [-0.15, -0.1) is 0 Å². The van der Waals surface area contributed by atoms with Crippen molar-refractivity contribution < 1.29 is 9.15 Å². The fourth-order valence-corrected chi connectivity index (χ4v) is 2.85. The Morgan fingerprint density at radius 1 is 0.920 bits per heavy atom. The van der Waals surface area contributed by atoms with E-state index in [1.54, 1.807) is 6.20 Å². The first kappa shape index (κ1) is 15.4. The highest BCUT2D eigenvalue weighted by Crippen LogP contribution is 2.31. The van der Waals surface area contributed by atoms with Crippen LogP contribution in [0.5, 0.6) is 5.75 Å². The van der Waals surface area contributed by atoms with Crippen molar-refractivity contribution in [3.8, 4) is 17.2 Å². The maximum atomic E-state index is 6.10. The van der Waals surface area contributed by atoms with E-state index in [-0.39, 0.29) is 0 Å². The number of hydrogen-bond donors (Lipinski definition) is 0. The van der Waals surface area contributed by atoms with Gasteiger partial charge in [0.15, 0.2) is 0 Å². The molecule has 0 aliphatic heterocycles. The molecule has 2 aromatic heterocycles. The van der Waals surface area contributed by atoms with Crippen LogP contribution in [-0.2, 0) is 13.0 Å². The standard InChI is InChI=1S/C21H18N2O2/c1-2-15-8-3-4-9-16(15)14-24-19-12-6-5-10-17(19)20-23-18-11-7-13-22-21(18)25-20/h3-13H,2,14H2,1H3. The number of hydrogen-bond acceptors (Lipinski definition) is 4. The summed E-state index contributed by atoms with van der Waals surface area (Å²) in [4.78, 5) is 8.73. The third kappa shape index (κ3) is 3.11. The lowest BCUT2D eigenvalue weighted by Crippen LogP contribution is -2.00. The van der Waals surface area contributed by atoms with Crippen molar-refractivity contribution >= 4 is 11.2 Å². The summed E-state index contributed by atoms with van der Waals surface area (Å²) in [6.45, 7) is 2.66. The number of fused-ring (bicyclic) bond motifs is 1. The van der Waals surface area contributed by atoms with E-state index in [9.17, 15) is 0 Å². The average molecular weight is 330 g/mol. The topological polar surface area (TPSA) is 48.2 Å². The lowest BCUT2D eigenvalue weighted by atomic mass is 10.1.